The number of rotatable bonds is 4. The number of carbonyl (C=O) groups excluding carboxylic acids is 2. The van der Waals surface area contributed by atoms with E-state index in [2.05, 4.69) is 10.6 Å². The van der Waals surface area contributed by atoms with Crippen molar-refractivity contribution in [3.8, 4) is 5.75 Å². The minimum atomic E-state index is -0.227. The topological polar surface area (TPSA) is 85.9 Å². The molecule has 0 aromatic heterocycles. The summed E-state index contributed by atoms with van der Waals surface area (Å²) in [6, 6.07) is 3.79. The Labute approximate surface area is 164 Å². The molecule has 2 amide bonds. The van der Waals surface area contributed by atoms with Crippen molar-refractivity contribution in [3.05, 3.63) is 28.8 Å². The van der Waals surface area contributed by atoms with E-state index in [1.54, 1.807) is 13.1 Å². The quantitative estimate of drug-likeness (QED) is 0.815. The molecule has 3 heterocycles. The summed E-state index contributed by atoms with van der Waals surface area (Å²) in [5, 5.41) is 5.80. The van der Waals surface area contributed by atoms with Crippen molar-refractivity contribution < 1.29 is 23.8 Å². The fourth-order valence-corrected chi connectivity index (χ4v) is 4.98. The summed E-state index contributed by atoms with van der Waals surface area (Å²) < 4.78 is 16.9. The highest BCUT2D eigenvalue weighted by molar-refractivity contribution is 6.02. The van der Waals surface area contributed by atoms with Crippen molar-refractivity contribution in [1.29, 1.82) is 0 Å². The van der Waals surface area contributed by atoms with E-state index >= 15 is 0 Å². The molecule has 3 aliphatic heterocycles. The molecular weight excluding hydrogens is 360 g/mol. The summed E-state index contributed by atoms with van der Waals surface area (Å²) in [4.78, 5) is 25.4. The van der Waals surface area contributed by atoms with Crippen LogP contribution < -0.4 is 15.4 Å². The number of hydrogen-bond donors (Lipinski definition) is 2. The molecule has 7 heteroatoms. The lowest BCUT2D eigenvalue weighted by molar-refractivity contribution is 0.0551. The Morgan fingerprint density at radius 3 is 2.46 bits per heavy atom. The molecule has 0 spiro atoms. The van der Waals surface area contributed by atoms with Crippen LogP contribution in [0.5, 0.6) is 5.75 Å². The van der Waals surface area contributed by atoms with E-state index in [0.717, 1.165) is 44.8 Å². The fourth-order valence-electron chi connectivity index (χ4n) is 4.98. The van der Waals surface area contributed by atoms with Gasteiger partial charge in [-0.05, 0) is 30.9 Å². The molecular formula is C21H26N2O5. The van der Waals surface area contributed by atoms with Gasteiger partial charge in [-0.15, -0.1) is 0 Å². The van der Waals surface area contributed by atoms with E-state index in [-0.39, 0.29) is 23.8 Å². The van der Waals surface area contributed by atoms with Crippen LogP contribution in [0.3, 0.4) is 0 Å². The van der Waals surface area contributed by atoms with E-state index in [0.29, 0.717) is 41.2 Å². The molecule has 1 aromatic carbocycles. The highest BCUT2D eigenvalue weighted by Gasteiger charge is 2.54. The molecule has 3 unspecified atom stereocenters. The third kappa shape index (κ3) is 2.97. The van der Waals surface area contributed by atoms with Crippen LogP contribution >= 0.6 is 0 Å². The molecule has 3 atom stereocenters. The second kappa shape index (κ2) is 7.04. The van der Waals surface area contributed by atoms with Gasteiger partial charge in [-0.1, -0.05) is 0 Å². The number of benzene rings is 1. The van der Waals surface area contributed by atoms with Gasteiger partial charge in [0, 0.05) is 55.2 Å². The third-order valence-corrected chi connectivity index (χ3v) is 6.74. The minimum Gasteiger partial charge on any atom is -0.492 e. The van der Waals surface area contributed by atoms with Crippen LogP contribution in [0.2, 0.25) is 0 Å². The van der Waals surface area contributed by atoms with E-state index in [4.69, 9.17) is 14.2 Å². The first kappa shape index (κ1) is 17.9. The Morgan fingerprint density at radius 2 is 1.75 bits per heavy atom. The van der Waals surface area contributed by atoms with Gasteiger partial charge in [0.15, 0.2) is 0 Å². The van der Waals surface area contributed by atoms with Crippen molar-refractivity contribution >= 4 is 11.8 Å². The SMILES string of the molecule is CNC(=O)c1cc(C(=O)NC2C3COCC32)cc2c1OCC2C1CCOCC1. The average molecular weight is 386 g/mol. The Hall–Kier alpha value is -2.12. The Balaban J connectivity index is 1.44. The van der Waals surface area contributed by atoms with Crippen molar-refractivity contribution in [2.75, 3.05) is 40.1 Å². The first-order valence-corrected chi connectivity index (χ1v) is 10.2. The van der Waals surface area contributed by atoms with Crippen LogP contribution in [0, 0.1) is 17.8 Å². The lowest BCUT2D eigenvalue weighted by atomic mass is 9.81. The first-order valence-electron chi connectivity index (χ1n) is 10.2. The molecule has 28 heavy (non-hydrogen) atoms. The van der Waals surface area contributed by atoms with Gasteiger partial charge in [-0.25, -0.2) is 0 Å². The predicted molar refractivity (Wildman–Crippen MR) is 101 cm³/mol. The van der Waals surface area contributed by atoms with Gasteiger partial charge >= 0.3 is 0 Å². The second-order valence-electron chi connectivity index (χ2n) is 8.25. The summed E-state index contributed by atoms with van der Waals surface area (Å²) >= 11 is 0. The molecule has 3 fully saturated rings. The molecule has 7 nitrogen and oxygen atoms in total. The van der Waals surface area contributed by atoms with E-state index in [1.165, 1.54) is 0 Å². The van der Waals surface area contributed by atoms with Gasteiger partial charge in [0.2, 0.25) is 0 Å². The maximum atomic E-state index is 12.9. The largest absolute Gasteiger partial charge is 0.492 e. The van der Waals surface area contributed by atoms with Crippen molar-refractivity contribution in [2.45, 2.75) is 24.8 Å². The van der Waals surface area contributed by atoms with Gasteiger partial charge in [0.05, 0.1) is 25.4 Å². The fraction of sp³-hybridized carbons (Fsp3) is 0.619. The van der Waals surface area contributed by atoms with E-state index < -0.39 is 0 Å². The highest BCUT2D eigenvalue weighted by atomic mass is 16.5. The molecule has 1 saturated carbocycles. The predicted octanol–water partition coefficient (Wildman–Crippen LogP) is 1.32. The van der Waals surface area contributed by atoms with Crippen molar-refractivity contribution in [2.24, 2.45) is 17.8 Å². The summed E-state index contributed by atoms with van der Waals surface area (Å²) in [5.41, 5.74) is 1.96. The minimum absolute atomic E-state index is 0.120. The first-order chi connectivity index (χ1) is 13.7. The normalized spacial score (nSPS) is 30.9. The van der Waals surface area contributed by atoms with Crippen LogP contribution in [-0.2, 0) is 9.47 Å². The van der Waals surface area contributed by atoms with Crippen molar-refractivity contribution in [3.63, 3.8) is 0 Å². The standard InChI is InChI=1S/C21H26N2O5/c1-22-21(25)14-7-12(20(24)23-18-16-8-27-9-17(16)18)6-13-15(10-28-19(13)14)11-2-4-26-5-3-11/h6-7,11,15-18H,2-5,8-10H2,1H3,(H,22,25)(H,23,24). The van der Waals surface area contributed by atoms with Gasteiger partial charge < -0.3 is 24.8 Å². The average Bonchev–Trinajstić information content (AvgIpc) is 3.10. The molecule has 2 saturated heterocycles. The molecule has 4 aliphatic rings. The summed E-state index contributed by atoms with van der Waals surface area (Å²) in [7, 11) is 1.60. The van der Waals surface area contributed by atoms with Crippen LogP contribution in [0.15, 0.2) is 12.1 Å². The van der Waals surface area contributed by atoms with Crippen LogP contribution in [0.1, 0.15) is 45.0 Å². The number of fused-ring (bicyclic) bond motifs is 2. The maximum Gasteiger partial charge on any atom is 0.254 e. The number of nitrogens with one attached hydrogen (secondary N) is 2. The zero-order chi connectivity index (χ0) is 19.3. The summed E-state index contributed by atoms with van der Waals surface area (Å²) in [6.07, 6.45) is 1.95. The monoisotopic (exact) mass is 386 g/mol. The Morgan fingerprint density at radius 1 is 1.00 bits per heavy atom. The zero-order valence-corrected chi connectivity index (χ0v) is 16.0. The van der Waals surface area contributed by atoms with Gasteiger partial charge in [-0.3, -0.25) is 9.59 Å². The lowest BCUT2D eigenvalue weighted by Gasteiger charge is -2.27. The number of amides is 2. The Kier molecular flexibility index (Phi) is 4.51. The second-order valence-corrected chi connectivity index (χ2v) is 8.25. The number of carbonyl (C=O) groups is 2. The van der Waals surface area contributed by atoms with Crippen LogP contribution in [0.4, 0.5) is 0 Å². The van der Waals surface area contributed by atoms with E-state index in [1.807, 2.05) is 6.07 Å². The molecule has 5 rings (SSSR count). The molecule has 150 valence electrons. The molecule has 0 bridgehead atoms. The number of ether oxygens (including phenoxy) is 3. The maximum absolute atomic E-state index is 12.9. The molecule has 0 radical (unpaired) electrons. The Bertz CT molecular complexity index is 794. The van der Waals surface area contributed by atoms with Crippen molar-refractivity contribution in [1.82, 2.24) is 10.6 Å². The highest BCUT2D eigenvalue weighted by Crippen LogP contribution is 2.46. The molecule has 1 aromatic rings. The van der Waals surface area contributed by atoms with Gasteiger partial charge in [0.1, 0.15) is 5.75 Å². The lowest BCUT2D eigenvalue weighted by Crippen LogP contribution is -2.30. The van der Waals surface area contributed by atoms with E-state index in [9.17, 15) is 9.59 Å². The smallest absolute Gasteiger partial charge is 0.254 e. The summed E-state index contributed by atoms with van der Waals surface area (Å²) in [6.45, 7) is 3.52. The molecule has 2 N–H and O–H groups in total. The van der Waals surface area contributed by atoms with Gasteiger partial charge in [0.25, 0.3) is 11.8 Å². The third-order valence-electron chi connectivity index (χ3n) is 6.74. The zero-order valence-electron chi connectivity index (χ0n) is 16.0. The van der Waals surface area contributed by atoms with Crippen LogP contribution in [0.25, 0.3) is 0 Å². The van der Waals surface area contributed by atoms with Crippen LogP contribution in [-0.4, -0.2) is 57.9 Å². The van der Waals surface area contributed by atoms with Gasteiger partial charge in [-0.2, -0.15) is 0 Å². The summed E-state index contributed by atoms with van der Waals surface area (Å²) in [5.74, 6) is 1.81. The number of hydrogen-bond acceptors (Lipinski definition) is 5. The molecule has 1 aliphatic carbocycles.